The minimum absolute atomic E-state index is 0.0362. The molecular formula is C18H18O5S. The van der Waals surface area contributed by atoms with Gasteiger partial charge in [-0.2, -0.15) is 8.42 Å². The molecule has 1 aliphatic rings. The van der Waals surface area contributed by atoms with Crippen LogP contribution < -0.4 is 4.18 Å². The van der Waals surface area contributed by atoms with Gasteiger partial charge < -0.3 is 8.92 Å². The lowest BCUT2D eigenvalue weighted by Crippen LogP contribution is -2.14. The van der Waals surface area contributed by atoms with Crippen molar-refractivity contribution in [1.29, 1.82) is 0 Å². The fourth-order valence-corrected chi connectivity index (χ4v) is 4.16. The average Bonchev–Trinajstić information content (AvgIpc) is 3.01. The van der Waals surface area contributed by atoms with Crippen LogP contribution in [0.3, 0.4) is 0 Å². The summed E-state index contributed by atoms with van der Waals surface area (Å²) in [4.78, 5) is 11.7. The summed E-state index contributed by atoms with van der Waals surface area (Å²) in [5.41, 5.74) is 2.88. The molecule has 2 aromatic rings. The van der Waals surface area contributed by atoms with E-state index in [9.17, 15) is 13.2 Å². The monoisotopic (exact) mass is 346 g/mol. The molecule has 5 nitrogen and oxygen atoms in total. The van der Waals surface area contributed by atoms with Crippen LogP contribution in [0.2, 0.25) is 0 Å². The molecule has 0 aliphatic heterocycles. The predicted octanol–water partition coefficient (Wildman–Crippen LogP) is 3.04. The third-order valence-electron chi connectivity index (χ3n) is 4.23. The summed E-state index contributed by atoms with van der Waals surface area (Å²) in [7, 11) is -2.78. The Balaban J connectivity index is 1.95. The highest BCUT2D eigenvalue weighted by atomic mass is 32.2. The van der Waals surface area contributed by atoms with Gasteiger partial charge in [-0.1, -0.05) is 12.1 Å². The zero-order valence-corrected chi connectivity index (χ0v) is 14.4. The summed E-state index contributed by atoms with van der Waals surface area (Å²) in [6.45, 7) is 1.56. The summed E-state index contributed by atoms with van der Waals surface area (Å²) >= 11 is 0. The van der Waals surface area contributed by atoms with E-state index in [1.807, 2.05) is 6.07 Å². The van der Waals surface area contributed by atoms with Crippen molar-refractivity contribution in [3.8, 4) is 5.75 Å². The number of carbonyl (C=O) groups is 1. The Hall–Kier alpha value is -2.34. The van der Waals surface area contributed by atoms with E-state index in [2.05, 4.69) is 4.74 Å². The normalized spacial score (nSPS) is 13.4. The zero-order valence-electron chi connectivity index (χ0n) is 13.5. The number of esters is 1. The fourth-order valence-electron chi connectivity index (χ4n) is 2.99. The molecule has 0 unspecified atom stereocenters. The molecule has 0 aromatic heterocycles. The van der Waals surface area contributed by atoms with E-state index in [4.69, 9.17) is 4.18 Å². The Morgan fingerprint density at radius 1 is 1.08 bits per heavy atom. The molecule has 0 heterocycles. The number of hydrogen-bond acceptors (Lipinski definition) is 5. The predicted molar refractivity (Wildman–Crippen MR) is 88.8 cm³/mol. The number of benzene rings is 2. The largest absolute Gasteiger partial charge is 0.465 e. The Labute approximate surface area is 141 Å². The van der Waals surface area contributed by atoms with Gasteiger partial charge in [0.1, 0.15) is 10.6 Å². The molecule has 0 saturated heterocycles. The lowest BCUT2D eigenvalue weighted by molar-refractivity contribution is 0.0599. The van der Waals surface area contributed by atoms with E-state index in [-0.39, 0.29) is 10.5 Å². The van der Waals surface area contributed by atoms with Crippen LogP contribution in [-0.2, 0) is 27.7 Å². The maximum atomic E-state index is 12.6. The second-order valence-electron chi connectivity index (χ2n) is 5.74. The number of methoxy groups -OCH3 is 1. The van der Waals surface area contributed by atoms with Crippen molar-refractivity contribution in [2.75, 3.05) is 7.11 Å². The van der Waals surface area contributed by atoms with E-state index >= 15 is 0 Å². The van der Waals surface area contributed by atoms with Crippen LogP contribution in [-0.4, -0.2) is 21.5 Å². The van der Waals surface area contributed by atoms with Crippen LogP contribution in [0, 0.1) is 6.92 Å². The fraction of sp³-hybridized carbons (Fsp3) is 0.278. The first-order valence-electron chi connectivity index (χ1n) is 7.66. The summed E-state index contributed by atoms with van der Waals surface area (Å²) in [6.07, 6.45) is 3.03. The van der Waals surface area contributed by atoms with Crippen molar-refractivity contribution in [2.45, 2.75) is 31.1 Å². The molecular weight excluding hydrogens is 328 g/mol. The SMILES string of the molecule is COC(=O)c1cccc(S(=O)(=O)Oc2ccc3c(c2)CCC3)c1C. The summed E-state index contributed by atoms with van der Waals surface area (Å²) in [5.74, 6) is -0.291. The van der Waals surface area contributed by atoms with E-state index in [1.54, 1.807) is 19.1 Å². The summed E-state index contributed by atoms with van der Waals surface area (Å²) in [6, 6.07) is 9.80. The smallest absolute Gasteiger partial charge is 0.339 e. The van der Waals surface area contributed by atoms with Crippen LogP contribution in [0.5, 0.6) is 5.75 Å². The van der Waals surface area contributed by atoms with Gasteiger partial charge in [0.15, 0.2) is 0 Å². The van der Waals surface area contributed by atoms with Crippen LogP contribution in [0.4, 0.5) is 0 Å². The second kappa shape index (κ2) is 6.28. The highest BCUT2D eigenvalue weighted by Gasteiger charge is 2.24. The molecule has 2 aromatic carbocycles. The Morgan fingerprint density at radius 3 is 2.58 bits per heavy atom. The molecule has 1 aliphatic carbocycles. The van der Waals surface area contributed by atoms with Gasteiger partial charge in [0.2, 0.25) is 0 Å². The quantitative estimate of drug-likeness (QED) is 0.629. The topological polar surface area (TPSA) is 69.7 Å². The highest BCUT2D eigenvalue weighted by Crippen LogP contribution is 2.29. The maximum Gasteiger partial charge on any atom is 0.339 e. The van der Waals surface area contributed by atoms with E-state index < -0.39 is 16.1 Å². The van der Waals surface area contributed by atoms with Gasteiger partial charge in [0, 0.05) is 0 Å². The van der Waals surface area contributed by atoms with Crippen molar-refractivity contribution >= 4 is 16.1 Å². The number of aryl methyl sites for hydroxylation is 2. The second-order valence-corrected chi connectivity index (χ2v) is 7.26. The molecule has 0 amide bonds. The van der Waals surface area contributed by atoms with E-state index in [0.29, 0.717) is 11.3 Å². The molecule has 0 spiro atoms. The minimum Gasteiger partial charge on any atom is -0.465 e. The Kier molecular flexibility index (Phi) is 4.32. The summed E-state index contributed by atoms with van der Waals surface area (Å²) in [5, 5.41) is 0. The molecule has 24 heavy (non-hydrogen) atoms. The average molecular weight is 346 g/mol. The molecule has 0 N–H and O–H groups in total. The Morgan fingerprint density at radius 2 is 1.83 bits per heavy atom. The Bertz CT molecular complexity index is 900. The minimum atomic E-state index is -4.03. The third kappa shape index (κ3) is 3.01. The molecule has 3 rings (SSSR count). The van der Waals surface area contributed by atoms with Crippen LogP contribution in [0.25, 0.3) is 0 Å². The number of carbonyl (C=O) groups excluding carboxylic acids is 1. The number of fused-ring (bicyclic) bond motifs is 1. The van der Waals surface area contributed by atoms with Gasteiger partial charge in [-0.05, 0) is 67.1 Å². The lowest BCUT2D eigenvalue weighted by atomic mass is 10.1. The highest BCUT2D eigenvalue weighted by molar-refractivity contribution is 7.87. The van der Waals surface area contributed by atoms with Gasteiger partial charge in [-0.3, -0.25) is 0 Å². The first-order valence-corrected chi connectivity index (χ1v) is 9.07. The first-order chi connectivity index (χ1) is 11.4. The van der Waals surface area contributed by atoms with Gasteiger partial charge in [0.25, 0.3) is 0 Å². The molecule has 0 fully saturated rings. The zero-order chi connectivity index (χ0) is 17.3. The van der Waals surface area contributed by atoms with Crippen molar-refractivity contribution in [1.82, 2.24) is 0 Å². The van der Waals surface area contributed by atoms with Gasteiger partial charge in [-0.15, -0.1) is 0 Å². The van der Waals surface area contributed by atoms with Crippen molar-refractivity contribution < 1.29 is 22.1 Å². The van der Waals surface area contributed by atoms with Crippen LogP contribution in [0.15, 0.2) is 41.3 Å². The molecule has 126 valence electrons. The van der Waals surface area contributed by atoms with Crippen molar-refractivity contribution in [3.05, 3.63) is 58.7 Å². The number of ether oxygens (including phenoxy) is 1. The van der Waals surface area contributed by atoms with Crippen LogP contribution in [0.1, 0.15) is 33.5 Å². The third-order valence-corrected chi connectivity index (χ3v) is 5.63. The first kappa shape index (κ1) is 16.5. The molecule has 0 radical (unpaired) electrons. The standard InChI is InChI=1S/C18H18O5S/c1-12-16(18(19)22-2)7-4-8-17(12)24(20,21)23-15-10-9-13-5-3-6-14(13)11-15/h4,7-11H,3,5-6H2,1-2H3. The number of hydrogen-bond donors (Lipinski definition) is 0. The van der Waals surface area contributed by atoms with Gasteiger partial charge >= 0.3 is 16.1 Å². The molecule has 0 bridgehead atoms. The molecule has 6 heteroatoms. The van der Waals surface area contributed by atoms with E-state index in [0.717, 1.165) is 24.8 Å². The van der Waals surface area contributed by atoms with Gasteiger partial charge in [-0.25, -0.2) is 4.79 Å². The number of rotatable bonds is 4. The molecule has 0 atom stereocenters. The van der Waals surface area contributed by atoms with Crippen LogP contribution >= 0.6 is 0 Å². The molecule has 0 saturated carbocycles. The maximum absolute atomic E-state index is 12.6. The van der Waals surface area contributed by atoms with Crippen molar-refractivity contribution in [2.24, 2.45) is 0 Å². The summed E-state index contributed by atoms with van der Waals surface area (Å²) < 4.78 is 35.2. The lowest BCUT2D eigenvalue weighted by Gasteiger charge is -2.12. The van der Waals surface area contributed by atoms with E-state index in [1.165, 1.54) is 30.9 Å². The van der Waals surface area contributed by atoms with Crippen molar-refractivity contribution in [3.63, 3.8) is 0 Å². The van der Waals surface area contributed by atoms with Gasteiger partial charge in [0.05, 0.1) is 12.7 Å².